The van der Waals surface area contributed by atoms with Crippen LogP contribution in [0.1, 0.15) is 22.3 Å². The summed E-state index contributed by atoms with van der Waals surface area (Å²) in [5.41, 5.74) is 21.9. The minimum Gasteiger partial charge on any atom is -0.455 e. The zero-order chi connectivity index (χ0) is 41.5. The highest BCUT2D eigenvalue weighted by atomic mass is 16.3. The lowest BCUT2D eigenvalue weighted by atomic mass is 9.70. The fourth-order valence-electron chi connectivity index (χ4n) is 10.9. The first-order valence-electron chi connectivity index (χ1n) is 21.8. The maximum Gasteiger partial charge on any atom is 0.143 e. The predicted molar refractivity (Wildman–Crippen MR) is 261 cm³/mol. The Morgan fingerprint density at radius 3 is 1.25 bits per heavy atom. The molecule has 11 aromatic rings. The Hall–Kier alpha value is -8.20. The molecule has 1 aromatic heterocycles. The summed E-state index contributed by atoms with van der Waals surface area (Å²) in [6.45, 7) is 0. The van der Waals surface area contributed by atoms with Gasteiger partial charge in [0.15, 0.2) is 0 Å². The monoisotopic (exact) mass is 801 g/mol. The highest BCUT2D eigenvalue weighted by molar-refractivity contribution is 6.13. The van der Waals surface area contributed by atoms with Crippen molar-refractivity contribution in [2.45, 2.75) is 5.41 Å². The lowest BCUT2D eigenvalue weighted by Crippen LogP contribution is -2.26. The number of benzene rings is 10. The third-order valence-corrected chi connectivity index (χ3v) is 13.5. The first kappa shape index (κ1) is 35.5. The van der Waals surface area contributed by atoms with Gasteiger partial charge in [-0.3, -0.25) is 0 Å². The van der Waals surface area contributed by atoms with E-state index in [4.69, 9.17) is 4.42 Å². The molecule has 1 heterocycles. The van der Waals surface area contributed by atoms with Gasteiger partial charge in [0.05, 0.1) is 11.1 Å². The summed E-state index contributed by atoms with van der Waals surface area (Å²) < 4.78 is 6.86. The van der Waals surface area contributed by atoms with Crippen molar-refractivity contribution < 1.29 is 4.42 Å². The average Bonchev–Trinajstić information content (AvgIpc) is 3.99. The Morgan fingerprint density at radius 1 is 0.286 bits per heavy atom. The summed E-state index contributed by atoms with van der Waals surface area (Å²) in [5.74, 6) is 0. The number of hydrogen-bond acceptors (Lipinski definition) is 2. The molecule has 0 amide bonds. The Labute approximate surface area is 366 Å². The van der Waals surface area contributed by atoms with Crippen molar-refractivity contribution in [2.24, 2.45) is 0 Å². The molecule has 0 fully saturated rings. The van der Waals surface area contributed by atoms with Gasteiger partial charge in [-0.2, -0.15) is 0 Å². The number of furan rings is 1. The van der Waals surface area contributed by atoms with E-state index in [1.165, 1.54) is 55.6 Å². The maximum atomic E-state index is 6.86. The van der Waals surface area contributed by atoms with Crippen molar-refractivity contribution in [3.8, 4) is 55.6 Å². The second kappa shape index (κ2) is 13.9. The number of para-hydroxylation sites is 3. The van der Waals surface area contributed by atoms with Crippen molar-refractivity contribution in [3.63, 3.8) is 0 Å². The molecule has 0 aliphatic heterocycles. The molecule has 0 N–H and O–H groups in total. The molecule has 2 aliphatic carbocycles. The van der Waals surface area contributed by atoms with Crippen LogP contribution in [0.4, 0.5) is 17.1 Å². The molecule has 0 saturated heterocycles. The molecule has 2 heteroatoms. The van der Waals surface area contributed by atoms with E-state index in [0.29, 0.717) is 0 Å². The van der Waals surface area contributed by atoms with Crippen molar-refractivity contribution in [2.75, 3.05) is 4.90 Å². The Bertz CT molecular complexity index is 3500. The van der Waals surface area contributed by atoms with Crippen LogP contribution in [0.25, 0.3) is 77.6 Å². The first-order chi connectivity index (χ1) is 31.3. The smallest absolute Gasteiger partial charge is 0.143 e. The number of nitrogens with zero attached hydrogens (tertiary/aromatic N) is 1. The van der Waals surface area contributed by atoms with E-state index in [2.05, 4.69) is 241 Å². The Kier molecular flexibility index (Phi) is 7.85. The van der Waals surface area contributed by atoms with Gasteiger partial charge in [0.25, 0.3) is 0 Å². The summed E-state index contributed by atoms with van der Waals surface area (Å²) in [6.07, 6.45) is 0. The predicted octanol–water partition coefficient (Wildman–Crippen LogP) is 16.4. The second-order valence-electron chi connectivity index (χ2n) is 16.7. The van der Waals surface area contributed by atoms with Crippen LogP contribution in [-0.2, 0) is 5.41 Å². The van der Waals surface area contributed by atoms with Crippen LogP contribution in [0.5, 0.6) is 0 Å². The van der Waals surface area contributed by atoms with Gasteiger partial charge >= 0.3 is 0 Å². The maximum absolute atomic E-state index is 6.86. The minimum atomic E-state index is -0.449. The molecule has 294 valence electrons. The molecule has 0 bridgehead atoms. The summed E-state index contributed by atoms with van der Waals surface area (Å²) in [4.78, 5) is 2.45. The molecule has 63 heavy (non-hydrogen) atoms. The van der Waals surface area contributed by atoms with E-state index < -0.39 is 5.41 Å². The van der Waals surface area contributed by atoms with Gasteiger partial charge in [0.2, 0.25) is 0 Å². The normalized spacial score (nSPS) is 12.9. The lowest BCUT2D eigenvalue weighted by Gasteiger charge is -2.32. The Morgan fingerprint density at radius 2 is 0.698 bits per heavy atom. The molecule has 13 rings (SSSR count). The minimum absolute atomic E-state index is 0.449. The fraction of sp³-hybridized carbons (Fsp3) is 0.0164. The number of anilines is 3. The fourth-order valence-corrected chi connectivity index (χ4v) is 10.9. The van der Waals surface area contributed by atoms with Gasteiger partial charge in [0.1, 0.15) is 11.2 Å². The molecule has 0 atom stereocenters. The second-order valence-corrected chi connectivity index (χ2v) is 16.7. The number of fused-ring (bicyclic) bond motifs is 13. The largest absolute Gasteiger partial charge is 0.455 e. The highest BCUT2D eigenvalue weighted by Gasteiger charge is 2.51. The highest BCUT2D eigenvalue weighted by Crippen LogP contribution is 2.63. The van der Waals surface area contributed by atoms with E-state index in [-0.39, 0.29) is 0 Å². The van der Waals surface area contributed by atoms with Crippen LogP contribution in [0.3, 0.4) is 0 Å². The zero-order valence-corrected chi connectivity index (χ0v) is 34.4. The Balaban J connectivity index is 1.01. The average molecular weight is 802 g/mol. The molecular formula is C61H39NO. The topological polar surface area (TPSA) is 16.4 Å². The number of rotatable bonds is 6. The van der Waals surface area contributed by atoms with E-state index in [0.717, 1.165) is 61.3 Å². The molecule has 0 radical (unpaired) electrons. The van der Waals surface area contributed by atoms with Crippen LogP contribution in [-0.4, -0.2) is 0 Å². The van der Waals surface area contributed by atoms with Crippen molar-refractivity contribution >= 4 is 39.0 Å². The lowest BCUT2D eigenvalue weighted by molar-refractivity contribution is 0.671. The third kappa shape index (κ3) is 5.19. The standard InChI is InChI=1S/C61H39NO/c1-3-17-40(18-4-1)45-21-10-14-32-58(45)62(43-35-33-42(34-36-43)47-26-16-28-53-52-27-15-25-46(59(52)63-60(47)53)41-19-5-2-6-20-41)44-37-38-51-50-24-9-13-31-56(50)61(57(51)39-44)54-29-11-7-22-48(54)49-23-8-12-30-55(49)61/h1-39H. The molecule has 2 nitrogen and oxygen atoms in total. The van der Waals surface area contributed by atoms with E-state index in [1.54, 1.807) is 0 Å². The molecule has 0 unspecified atom stereocenters. The van der Waals surface area contributed by atoms with E-state index in [1.807, 2.05) is 0 Å². The van der Waals surface area contributed by atoms with Gasteiger partial charge in [-0.1, -0.05) is 206 Å². The van der Waals surface area contributed by atoms with E-state index in [9.17, 15) is 0 Å². The summed E-state index contributed by atoms with van der Waals surface area (Å²) in [6, 6.07) is 86.3. The van der Waals surface area contributed by atoms with Crippen LogP contribution in [0.2, 0.25) is 0 Å². The van der Waals surface area contributed by atoms with Crippen LogP contribution in [0, 0.1) is 0 Å². The van der Waals surface area contributed by atoms with E-state index >= 15 is 0 Å². The SMILES string of the molecule is c1ccc(-c2ccccc2N(c2ccc(-c3cccc4c3oc3c(-c5ccccc5)cccc34)cc2)c2ccc3c(c2)C2(c4ccccc4-c4ccccc42)c2ccccc2-3)cc1. The van der Waals surface area contributed by atoms with Gasteiger partial charge < -0.3 is 9.32 Å². The van der Waals surface area contributed by atoms with Crippen molar-refractivity contribution in [3.05, 3.63) is 259 Å². The van der Waals surface area contributed by atoms with Crippen LogP contribution in [0.15, 0.2) is 241 Å². The molecule has 2 aliphatic rings. The summed E-state index contributed by atoms with van der Waals surface area (Å²) in [5, 5.41) is 2.24. The third-order valence-electron chi connectivity index (χ3n) is 13.5. The summed E-state index contributed by atoms with van der Waals surface area (Å²) in [7, 11) is 0. The van der Waals surface area contributed by atoms with Crippen LogP contribution < -0.4 is 4.90 Å². The van der Waals surface area contributed by atoms with Gasteiger partial charge in [-0.05, 0) is 91.5 Å². The first-order valence-corrected chi connectivity index (χ1v) is 21.8. The van der Waals surface area contributed by atoms with Crippen molar-refractivity contribution in [1.29, 1.82) is 0 Å². The molecule has 1 spiro atoms. The van der Waals surface area contributed by atoms with Gasteiger partial charge in [-0.15, -0.1) is 0 Å². The molecule has 10 aromatic carbocycles. The van der Waals surface area contributed by atoms with Crippen molar-refractivity contribution in [1.82, 2.24) is 0 Å². The van der Waals surface area contributed by atoms with Gasteiger partial charge in [-0.25, -0.2) is 0 Å². The van der Waals surface area contributed by atoms with Gasteiger partial charge in [0, 0.05) is 38.8 Å². The molecule has 0 saturated carbocycles. The quantitative estimate of drug-likeness (QED) is 0.167. The molecular weight excluding hydrogens is 763 g/mol. The summed E-state index contributed by atoms with van der Waals surface area (Å²) >= 11 is 0. The number of hydrogen-bond donors (Lipinski definition) is 0. The zero-order valence-electron chi connectivity index (χ0n) is 34.4. The van der Waals surface area contributed by atoms with Crippen LogP contribution >= 0.6 is 0 Å².